The van der Waals surface area contributed by atoms with Crippen LogP contribution in [-0.4, -0.2) is 36.5 Å². The number of rotatable bonds is 4. The zero-order valence-corrected chi connectivity index (χ0v) is 11.4. The van der Waals surface area contributed by atoms with Crippen LogP contribution in [0.15, 0.2) is 24.5 Å². The maximum atomic E-state index is 4.46. The second-order valence-corrected chi connectivity index (χ2v) is 4.42. The Bertz CT molecular complexity index is 720. The van der Waals surface area contributed by atoms with Crippen molar-refractivity contribution in [3.05, 3.63) is 30.4 Å². The fourth-order valence-corrected chi connectivity index (χ4v) is 1.97. The summed E-state index contributed by atoms with van der Waals surface area (Å²) in [5, 5.41) is 16.5. The van der Waals surface area contributed by atoms with Crippen LogP contribution in [0.5, 0.6) is 0 Å². The van der Waals surface area contributed by atoms with Crippen molar-refractivity contribution in [1.82, 2.24) is 29.9 Å². The van der Waals surface area contributed by atoms with Gasteiger partial charge in [-0.05, 0) is 25.5 Å². The number of hydrogen-bond acceptors (Lipinski definition) is 6. The Labute approximate surface area is 116 Å². The highest BCUT2D eigenvalue weighted by Crippen LogP contribution is 2.21. The summed E-state index contributed by atoms with van der Waals surface area (Å²) in [6.07, 6.45) is 4.41. The third kappa shape index (κ3) is 2.18. The normalized spacial score (nSPS) is 10.9. The van der Waals surface area contributed by atoms with E-state index in [2.05, 4.69) is 37.5 Å². The summed E-state index contributed by atoms with van der Waals surface area (Å²) in [7, 11) is 0. The molecule has 3 aromatic rings. The van der Waals surface area contributed by atoms with Crippen LogP contribution in [0.2, 0.25) is 0 Å². The molecule has 1 N–H and O–H groups in total. The molecule has 0 spiro atoms. The van der Waals surface area contributed by atoms with Crippen LogP contribution in [0.1, 0.15) is 19.2 Å². The van der Waals surface area contributed by atoms with Crippen LogP contribution in [0.25, 0.3) is 16.9 Å². The number of aromatic nitrogens is 6. The van der Waals surface area contributed by atoms with E-state index >= 15 is 0 Å². The van der Waals surface area contributed by atoms with Gasteiger partial charge in [-0.3, -0.25) is 0 Å². The van der Waals surface area contributed by atoms with E-state index < -0.39 is 0 Å². The number of aryl methyl sites for hydroxylation is 1. The highest BCUT2D eigenvalue weighted by atomic mass is 15.4. The van der Waals surface area contributed by atoms with Gasteiger partial charge >= 0.3 is 0 Å². The lowest BCUT2D eigenvalue weighted by Gasteiger charge is -2.06. The molecule has 0 fully saturated rings. The average molecular weight is 269 g/mol. The van der Waals surface area contributed by atoms with Crippen LogP contribution in [0, 0.1) is 6.92 Å². The third-order valence-corrected chi connectivity index (χ3v) is 2.86. The molecule has 0 saturated heterocycles. The molecule has 3 rings (SSSR count). The van der Waals surface area contributed by atoms with Gasteiger partial charge in [-0.25, -0.2) is 9.97 Å². The van der Waals surface area contributed by atoms with Gasteiger partial charge in [0, 0.05) is 12.7 Å². The molecule has 0 atom stereocenters. The molecule has 0 aliphatic heterocycles. The number of nitrogens with zero attached hydrogens (tertiary/aromatic N) is 6. The molecule has 0 bridgehead atoms. The van der Waals surface area contributed by atoms with Crippen LogP contribution in [0.4, 0.5) is 5.82 Å². The van der Waals surface area contributed by atoms with Crippen molar-refractivity contribution in [2.75, 3.05) is 11.9 Å². The van der Waals surface area contributed by atoms with E-state index in [1.165, 1.54) is 0 Å². The maximum Gasteiger partial charge on any atom is 0.178 e. The highest BCUT2D eigenvalue weighted by Gasteiger charge is 2.13. The van der Waals surface area contributed by atoms with Gasteiger partial charge in [0.1, 0.15) is 11.6 Å². The predicted octanol–water partition coefficient (Wildman–Crippen LogP) is 1.74. The molecule has 0 unspecified atom stereocenters. The molecule has 0 saturated carbocycles. The second kappa shape index (κ2) is 5.20. The fraction of sp³-hybridized carbons (Fsp3) is 0.308. The van der Waals surface area contributed by atoms with Gasteiger partial charge in [0.05, 0.1) is 11.6 Å². The number of hydrogen-bond donors (Lipinski definition) is 1. The molecule has 0 aliphatic rings. The van der Waals surface area contributed by atoms with Crippen molar-refractivity contribution in [3.8, 4) is 5.82 Å². The Hall–Kier alpha value is -2.57. The number of fused-ring (bicyclic) bond motifs is 1. The molecule has 3 heterocycles. The van der Waals surface area contributed by atoms with Gasteiger partial charge in [-0.15, -0.1) is 5.10 Å². The summed E-state index contributed by atoms with van der Waals surface area (Å²) >= 11 is 0. The summed E-state index contributed by atoms with van der Waals surface area (Å²) in [6.45, 7) is 4.84. The van der Waals surface area contributed by atoms with Crippen molar-refractivity contribution < 1.29 is 0 Å². The average Bonchev–Trinajstić information content (AvgIpc) is 2.89. The molecular weight excluding hydrogens is 254 g/mol. The summed E-state index contributed by atoms with van der Waals surface area (Å²) in [5.41, 5.74) is 0.733. The lowest BCUT2D eigenvalue weighted by molar-refractivity contribution is 0.824. The molecule has 7 nitrogen and oxygen atoms in total. The van der Waals surface area contributed by atoms with Gasteiger partial charge in [0.25, 0.3) is 0 Å². The van der Waals surface area contributed by atoms with Gasteiger partial charge < -0.3 is 5.32 Å². The van der Waals surface area contributed by atoms with Gasteiger partial charge in [-0.1, -0.05) is 6.92 Å². The molecule has 3 aromatic heterocycles. The highest BCUT2D eigenvalue weighted by molar-refractivity contribution is 5.87. The molecule has 0 aliphatic carbocycles. The van der Waals surface area contributed by atoms with E-state index in [-0.39, 0.29) is 0 Å². The second-order valence-electron chi connectivity index (χ2n) is 4.42. The Balaban J connectivity index is 2.15. The van der Waals surface area contributed by atoms with E-state index in [1.54, 1.807) is 17.1 Å². The Morgan fingerprint density at radius 1 is 1.30 bits per heavy atom. The van der Waals surface area contributed by atoms with Crippen molar-refractivity contribution in [2.45, 2.75) is 20.3 Å². The minimum atomic E-state index is 0.641. The summed E-state index contributed by atoms with van der Waals surface area (Å²) in [4.78, 5) is 8.90. The quantitative estimate of drug-likeness (QED) is 0.777. The first-order chi connectivity index (χ1) is 9.79. The first-order valence-electron chi connectivity index (χ1n) is 6.54. The largest absolute Gasteiger partial charge is 0.369 e. The van der Waals surface area contributed by atoms with Crippen LogP contribution in [0.3, 0.4) is 0 Å². The Morgan fingerprint density at radius 3 is 2.95 bits per heavy atom. The van der Waals surface area contributed by atoms with Gasteiger partial charge in [-0.2, -0.15) is 14.9 Å². The molecule has 0 aromatic carbocycles. The summed E-state index contributed by atoms with van der Waals surface area (Å²) < 4.78 is 1.67. The van der Waals surface area contributed by atoms with E-state index in [4.69, 9.17) is 0 Å². The number of anilines is 1. The van der Waals surface area contributed by atoms with Crippen molar-refractivity contribution >= 4 is 16.9 Å². The first-order valence-corrected chi connectivity index (χ1v) is 6.54. The number of nitrogens with one attached hydrogen (secondary N) is 1. The smallest absolute Gasteiger partial charge is 0.178 e. The fourth-order valence-electron chi connectivity index (χ4n) is 1.97. The van der Waals surface area contributed by atoms with Crippen molar-refractivity contribution in [3.63, 3.8) is 0 Å². The van der Waals surface area contributed by atoms with Crippen molar-refractivity contribution in [1.29, 1.82) is 0 Å². The molecular formula is C13H15N7. The van der Waals surface area contributed by atoms with Crippen LogP contribution in [-0.2, 0) is 0 Å². The minimum absolute atomic E-state index is 0.641. The molecule has 7 heteroatoms. The molecule has 102 valence electrons. The van der Waals surface area contributed by atoms with Gasteiger partial charge in [0.2, 0.25) is 0 Å². The van der Waals surface area contributed by atoms with Crippen LogP contribution < -0.4 is 5.32 Å². The zero-order valence-electron chi connectivity index (χ0n) is 11.4. The maximum absolute atomic E-state index is 4.46. The topological polar surface area (TPSA) is 81.4 Å². The lowest BCUT2D eigenvalue weighted by atomic mass is 10.3. The third-order valence-electron chi connectivity index (χ3n) is 2.86. The van der Waals surface area contributed by atoms with E-state index in [0.29, 0.717) is 11.6 Å². The monoisotopic (exact) mass is 269 g/mol. The molecule has 20 heavy (non-hydrogen) atoms. The summed E-state index contributed by atoms with van der Waals surface area (Å²) in [5.74, 6) is 2.15. The Kier molecular flexibility index (Phi) is 3.24. The van der Waals surface area contributed by atoms with Crippen LogP contribution >= 0.6 is 0 Å². The first kappa shape index (κ1) is 12.5. The van der Waals surface area contributed by atoms with Crippen molar-refractivity contribution in [2.24, 2.45) is 0 Å². The molecule has 0 amide bonds. The predicted molar refractivity (Wildman–Crippen MR) is 75.8 cm³/mol. The van der Waals surface area contributed by atoms with E-state index in [9.17, 15) is 0 Å². The zero-order chi connectivity index (χ0) is 13.9. The van der Waals surface area contributed by atoms with Gasteiger partial charge in [0.15, 0.2) is 11.5 Å². The minimum Gasteiger partial charge on any atom is -0.369 e. The Morgan fingerprint density at radius 2 is 2.20 bits per heavy atom. The van der Waals surface area contributed by atoms with E-state index in [0.717, 1.165) is 29.8 Å². The SMILES string of the molecule is CCCNc1nc(C)nc2c1cnn2-c1cccnn1. The lowest BCUT2D eigenvalue weighted by Crippen LogP contribution is -2.06. The molecule has 0 radical (unpaired) electrons. The van der Waals surface area contributed by atoms with E-state index in [1.807, 2.05) is 19.1 Å². The summed E-state index contributed by atoms with van der Waals surface area (Å²) in [6, 6.07) is 3.66. The standard InChI is InChI=1S/C13H15N7/c1-3-6-14-12-10-8-16-20(11-5-4-7-15-19-11)13(10)18-9(2)17-12/h4-5,7-8H,3,6H2,1-2H3,(H,14,17,18).